The number of aromatic nitrogens is 1. The summed E-state index contributed by atoms with van der Waals surface area (Å²) in [6.45, 7) is 5.40. The van der Waals surface area contributed by atoms with E-state index in [0.717, 1.165) is 22.2 Å². The summed E-state index contributed by atoms with van der Waals surface area (Å²) >= 11 is 5.11. The standard InChI is InChI=1S/C15H19N3OS/c1-3-19-10(2)8-18-14-11-6-4-5-7-13(11)17-9-12(14)15(16)20/h4-7,9-10H,3,8H2,1-2H3,(H2,16,20)(H,17,18). The fourth-order valence-electron chi connectivity index (χ4n) is 2.11. The van der Waals surface area contributed by atoms with Crippen LogP contribution in [-0.2, 0) is 4.74 Å². The Bertz CT molecular complexity index is 615. The van der Waals surface area contributed by atoms with Crippen LogP contribution in [0.2, 0.25) is 0 Å². The average molecular weight is 289 g/mol. The second-order valence-electron chi connectivity index (χ2n) is 4.58. The maximum Gasteiger partial charge on any atom is 0.107 e. The Kier molecular flexibility index (Phi) is 4.87. The largest absolute Gasteiger partial charge is 0.389 e. The summed E-state index contributed by atoms with van der Waals surface area (Å²) in [5, 5.41) is 4.40. The van der Waals surface area contributed by atoms with Crippen LogP contribution in [-0.4, -0.2) is 29.2 Å². The van der Waals surface area contributed by atoms with Gasteiger partial charge in [-0.15, -0.1) is 0 Å². The zero-order valence-electron chi connectivity index (χ0n) is 11.7. The average Bonchev–Trinajstić information content (AvgIpc) is 2.44. The summed E-state index contributed by atoms with van der Waals surface area (Å²) in [7, 11) is 0. The molecule has 2 rings (SSSR count). The number of nitrogens with two attached hydrogens (primary N) is 1. The van der Waals surface area contributed by atoms with Gasteiger partial charge >= 0.3 is 0 Å². The van der Waals surface area contributed by atoms with Crippen LogP contribution in [0.3, 0.4) is 0 Å². The van der Waals surface area contributed by atoms with E-state index in [9.17, 15) is 0 Å². The molecule has 0 amide bonds. The summed E-state index contributed by atoms with van der Waals surface area (Å²) in [5.41, 5.74) is 8.40. The molecule has 0 radical (unpaired) electrons. The number of benzene rings is 1. The van der Waals surface area contributed by atoms with E-state index in [2.05, 4.69) is 10.3 Å². The van der Waals surface area contributed by atoms with Crippen molar-refractivity contribution >= 4 is 33.8 Å². The third-order valence-electron chi connectivity index (χ3n) is 3.06. The minimum atomic E-state index is 0.117. The van der Waals surface area contributed by atoms with E-state index in [-0.39, 0.29) is 6.10 Å². The topological polar surface area (TPSA) is 60.2 Å². The Morgan fingerprint density at radius 3 is 2.90 bits per heavy atom. The highest BCUT2D eigenvalue weighted by Crippen LogP contribution is 2.25. The normalized spacial score (nSPS) is 12.3. The van der Waals surface area contributed by atoms with Gasteiger partial charge in [-0.05, 0) is 19.9 Å². The van der Waals surface area contributed by atoms with Gasteiger partial charge in [-0.2, -0.15) is 0 Å². The highest BCUT2D eigenvalue weighted by Gasteiger charge is 2.11. The van der Waals surface area contributed by atoms with Crippen molar-refractivity contribution in [3.63, 3.8) is 0 Å². The Balaban J connectivity index is 2.37. The van der Waals surface area contributed by atoms with Crippen LogP contribution in [0.5, 0.6) is 0 Å². The summed E-state index contributed by atoms with van der Waals surface area (Å²) in [6.07, 6.45) is 1.84. The van der Waals surface area contributed by atoms with E-state index in [4.69, 9.17) is 22.7 Å². The van der Waals surface area contributed by atoms with E-state index in [1.54, 1.807) is 6.20 Å². The highest BCUT2D eigenvalue weighted by molar-refractivity contribution is 7.80. The highest BCUT2D eigenvalue weighted by atomic mass is 32.1. The molecule has 1 heterocycles. The fraction of sp³-hybridized carbons (Fsp3) is 0.333. The van der Waals surface area contributed by atoms with Crippen molar-refractivity contribution in [3.05, 3.63) is 36.0 Å². The predicted molar refractivity (Wildman–Crippen MR) is 87.2 cm³/mol. The van der Waals surface area contributed by atoms with Gasteiger partial charge < -0.3 is 15.8 Å². The van der Waals surface area contributed by atoms with Crippen LogP contribution in [0, 0.1) is 0 Å². The molecule has 0 saturated carbocycles. The number of para-hydroxylation sites is 1. The molecule has 1 aromatic heterocycles. The number of rotatable bonds is 6. The van der Waals surface area contributed by atoms with Crippen molar-refractivity contribution in [1.82, 2.24) is 4.98 Å². The number of anilines is 1. The first-order valence-electron chi connectivity index (χ1n) is 6.66. The van der Waals surface area contributed by atoms with Crippen molar-refractivity contribution in [2.75, 3.05) is 18.5 Å². The Hall–Kier alpha value is -1.72. The van der Waals surface area contributed by atoms with E-state index >= 15 is 0 Å². The van der Waals surface area contributed by atoms with Gasteiger partial charge in [-0.25, -0.2) is 0 Å². The maximum absolute atomic E-state index is 5.79. The van der Waals surface area contributed by atoms with Gasteiger partial charge in [0.1, 0.15) is 4.99 Å². The number of hydrogen-bond donors (Lipinski definition) is 2. The van der Waals surface area contributed by atoms with E-state index in [0.29, 0.717) is 18.1 Å². The molecule has 0 fully saturated rings. The quantitative estimate of drug-likeness (QED) is 0.801. The number of pyridine rings is 1. The van der Waals surface area contributed by atoms with Gasteiger partial charge in [0.25, 0.3) is 0 Å². The first-order chi connectivity index (χ1) is 9.63. The summed E-state index contributed by atoms with van der Waals surface area (Å²) in [5.74, 6) is 0. The maximum atomic E-state index is 5.79. The molecular weight excluding hydrogens is 270 g/mol. The Morgan fingerprint density at radius 2 is 2.20 bits per heavy atom. The van der Waals surface area contributed by atoms with Crippen LogP contribution in [0.15, 0.2) is 30.5 Å². The lowest BCUT2D eigenvalue weighted by atomic mass is 10.1. The number of nitrogens with one attached hydrogen (secondary N) is 1. The number of fused-ring (bicyclic) bond motifs is 1. The molecule has 1 aromatic carbocycles. The molecule has 4 nitrogen and oxygen atoms in total. The van der Waals surface area contributed by atoms with E-state index in [1.165, 1.54) is 0 Å². The lowest BCUT2D eigenvalue weighted by Gasteiger charge is -2.17. The summed E-state index contributed by atoms with van der Waals surface area (Å²) in [4.78, 5) is 4.73. The summed E-state index contributed by atoms with van der Waals surface area (Å²) in [6, 6.07) is 7.92. The lowest BCUT2D eigenvalue weighted by Crippen LogP contribution is -2.22. The molecule has 1 unspecified atom stereocenters. The Morgan fingerprint density at radius 1 is 1.45 bits per heavy atom. The van der Waals surface area contributed by atoms with Gasteiger partial charge in [-0.1, -0.05) is 30.4 Å². The lowest BCUT2D eigenvalue weighted by molar-refractivity contribution is 0.0855. The van der Waals surface area contributed by atoms with Gasteiger partial charge in [0.05, 0.1) is 22.9 Å². The molecule has 0 spiro atoms. The van der Waals surface area contributed by atoms with Crippen molar-refractivity contribution in [2.24, 2.45) is 5.73 Å². The second kappa shape index (κ2) is 6.63. The summed E-state index contributed by atoms with van der Waals surface area (Å²) < 4.78 is 5.53. The van der Waals surface area contributed by atoms with Crippen molar-refractivity contribution in [1.29, 1.82) is 0 Å². The van der Waals surface area contributed by atoms with Crippen LogP contribution in [0.1, 0.15) is 19.4 Å². The van der Waals surface area contributed by atoms with Crippen LogP contribution < -0.4 is 11.1 Å². The SMILES string of the molecule is CCOC(C)CNc1c(C(N)=S)cnc2ccccc12. The van der Waals surface area contributed by atoms with Crippen molar-refractivity contribution in [2.45, 2.75) is 20.0 Å². The molecule has 20 heavy (non-hydrogen) atoms. The smallest absolute Gasteiger partial charge is 0.107 e. The molecule has 0 aliphatic carbocycles. The number of ether oxygens (including phenoxy) is 1. The zero-order chi connectivity index (χ0) is 14.5. The van der Waals surface area contributed by atoms with Gasteiger partial charge in [0.2, 0.25) is 0 Å². The molecule has 2 aromatic rings. The number of hydrogen-bond acceptors (Lipinski definition) is 4. The van der Waals surface area contributed by atoms with Crippen LogP contribution >= 0.6 is 12.2 Å². The van der Waals surface area contributed by atoms with Gasteiger partial charge in [0, 0.05) is 24.7 Å². The van der Waals surface area contributed by atoms with Crippen LogP contribution in [0.25, 0.3) is 10.9 Å². The molecule has 0 aliphatic rings. The van der Waals surface area contributed by atoms with Gasteiger partial charge in [0.15, 0.2) is 0 Å². The minimum Gasteiger partial charge on any atom is -0.389 e. The molecule has 1 atom stereocenters. The third kappa shape index (κ3) is 3.23. The molecule has 0 bridgehead atoms. The zero-order valence-corrected chi connectivity index (χ0v) is 12.5. The van der Waals surface area contributed by atoms with Crippen molar-refractivity contribution in [3.8, 4) is 0 Å². The van der Waals surface area contributed by atoms with Gasteiger partial charge in [-0.3, -0.25) is 4.98 Å². The van der Waals surface area contributed by atoms with E-state index in [1.807, 2.05) is 38.1 Å². The molecule has 106 valence electrons. The first-order valence-corrected chi connectivity index (χ1v) is 7.07. The van der Waals surface area contributed by atoms with Crippen LogP contribution in [0.4, 0.5) is 5.69 Å². The predicted octanol–water partition coefficient (Wildman–Crippen LogP) is 2.71. The molecule has 0 aliphatic heterocycles. The number of thiocarbonyl (C=S) groups is 1. The molecular formula is C15H19N3OS. The minimum absolute atomic E-state index is 0.117. The molecule has 5 heteroatoms. The second-order valence-corrected chi connectivity index (χ2v) is 5.01. The third-order valence-corrected chi connectivity index (χ3v) is 3.28. The van der Waals surface area contributed by atoms with Crippen molar-refractivity contribution < 1.29 is 4.74 Å². The number of nitrogens with zero attached hydrogens (tertiary/aromatic N) is 1. The molecule has 3 N–H and O–H groups in total. The molecule has 0 saturated heterocycles. The Labute approximate surface area is 124 Å². The monoisotopic (exact) mass is 289 g/mol. The fourth-order valence-corrected chi connectivity index (χ4v) is 2.26. The van der Waals surface area contributed by atoms with E-state index < -0.39 is 0 Å². The first kappa shape index (κ1) is 14.7.